The van der Waals surface area contributed by atoms with Crippen molar-refractivity contribution in [2.24, 2.45) is 13.0 Å². The van der Waals surface area contributed by atoms with Crippen LogP contribution in [-0.4, -0.2) is 57.7 Å². The third-order valence-corrected chi connectivity index (χ3v) is 6.31. The topological polar surface area (TPSA) is 72.3 Å². The molecule has 1 aliphatic heterocycles. The number of amides is 1. The molecule has 0 radical (unpaired) electrons. The molecule has 0 unspecified atom stereocenters. The monoisotopic (exact) mass is 435 g/mol. The normalized spacial score (nSPS) is 15.5. The van der Waals surface area contributed by atoms with Crippen molar-refractivity contribution in [1.29, 1.82) is 0 Å². The summed E-state index contributed by atoms with van der Waals surface area (Å²) in [4.78, 5) is 24.1. The Morgan fingerprint density at radius 1 is 1.16 bits per heavy atom. The van der Waals surface area contributed by atoms with Gasteiger partial charge in [0.1, 0.15) is 11.6 Å². The number of hydrogen-bond donors (Lipinski definition) is 1. The maximum absolute atomic E-state index is 12.8. The number of likely N-dealkylation sites (tertiary alicyclic amines) is 1. The minimum Gasteiger partial charge on any atom is -0.377 e. The fourth-order valence-corrected chi connectivity index (χ4v) is 4.20. The summed E-state index contributed by atoms with van der Waals surface area (Å²) >= 11 is 0. The molecule has 3 aromatic rings. The van der Waals surface area contributed by atoms with Crippen LogP contribution < -0.4 is 5.32 Å². The number of aryl methyl sites for hydroxylation is 1. The number of piperidine rings is 1. The lowest BCUT2D eigenvalue weighted by Gasteiger charge is -2.31. The number of anilines is 1. The van der Waals surface area contributed by atoms with E-state index in [-0.39, 0.29) is 17.9 Å². The molecule has 0 aliphatic carbocycles. The van der Waals surface area contributed by atoms with Crippen molar-refractivity contribution >= 4 is 22.5 Å². The average molecular weight is 436 g/mol. The van der Waals surface area contributed by atoms with Gasteiger partial charge >= 0.3 is 0 Å². The van der Waals surface area contributed by atoms with Crippen LogP contribution in [0.15, 0.2) is 36.7 Å². The van der Waals surface area contributed by atoms with E-state index in [4.69, 9.17) is 4.74 Å². The summed E-state index contributed by atoms with van der Waals surface area (Å²) in [6.45, 7) is 9.63. The van der Waals surface area contributed by atoms with E-state index in [1.165, 1.54) is 0 Å². The standard InChI is InChI=1S/C25H33N5O2/c1-17(2)32-12-11-30-9-7-19(8-10-30)25(31)28-24-14-22-13-20(5-6-21(22)15-27-24)23-16-26-18(3)29(23)4/h5-6,13-17,19H,7-12H2,1-4H3,(H,27,28,31). The van der Waals surface area contributed by atoms with Gasteiger partial charge in [-0.25, -0.2) is 9.97 Å². The van der Waals surface area contributed by atoms with Gasteiger partial charge in [-0.2, -0.15) is 0 Å². The molecule has 7 nitrogen and oxygen atoms in total. The highest BCUT2D eigenvalue weighted by Crippen LogP contribution is 2.26. The Bertz CT molecular complexity index is 1080. The van der Waals surface area contributed by atoms with Gasteiger partial charge in [-0.1, -0.05) is 12.1 Å². The number of carbonyl (C=O) groups is 1. The van der Waals surface area contributed by atoms with Gasteiger partial charge in [0.15, 0.2) is 0 Å². The van der Waals surface area contributed by atoms with Crippen molar-refractivity contribution < 1.29 is 9.53 Å². The van der Waals surface area contributed by atoms with E-state index in [1.807, 2.05) is 32.4 Å². The predicted molar refractivity (Wildman–Crippen MR) is 128 cm³/mol. The molecule has 4 rings (SSSR count). The molecule has 1 saturated heterocycles. The summed E-state index contributed by atoms with van der Waals surface area (Å²) < 4.78 is 7.72. The van der Waals surface area contributed by atoms with E-state index in [0.717, 1.165) is 66.9 Å². The smallest absolute Gasteiger partial charge is 0.228 e. The summed E-state index contributed by atoms with van der Waals surface area (Å²) in [5.41, 5.74) is 2.16. The van der Waals surface area contributed by atoms with Crippen LogP contribution in [0.4, 0.5) is 5.82 Å². The molecule has 170 valence electrons. The fourth-order valence-electron chi connectivity index (χ4n) is 4.20. The van der Waals surface area contributed by atoms with Gasteiger partial charge in [0, 0.05) is 36.7 Å². The highest BCUT2D eigenvalue weighted by atomic mass is 16.5. The van der Waals surface area contributed by atoms with E-state index in [1.54, 1.807) is 0 Å². The van der Waals surface area contributed by atoms with E-state index >= 15 is 0 Å². The van der Waals surface area contributed by atoms with Crippen LogP contribution in [0, 0.1) is 12.8 Å². The second-order valence-corrected chi connectivity index (χ2v) is 8.91. The maximum Gasteiger partial charge on any atom is 0.228 e. The van der Waals surface area contributed by atoms with Gasteiger partial charge in [0.2, 0.25) is 5.91 Å². The summed E-state index contributed by atoms with van der Waals surface area (Å²) in [7, 11) is 2.02. The molecular formula is C25H33N5O2. The van der Waals surface area contributed by atoms with Crippen LogP contribution in [0.5, 0.6) is 0 Å². The molecule has 1 fully saturated rings. The number of carbonyl (C=O) groups excluding carboxylic acids is 1. The van der Waals surface area contributed by atoms with Crippen LogP contribution >= 0.6 is 0 Å². The number of nitrogens with zero attached hydrogens (tertiary/aromatic N) is 4. The van der Waals surface area contributed by atoms with Crippen LogP contribution in [0.3, 0.4) is 0 Å². The molecule has 1 aliphatic rings. The molecule has 0 spiro atoms. The number of nitrogens with one attached hydrogen (secondary N) is 1. The lowest BCUT2D eigenvalue weighted by molar-refractivity contribution is -0.121. The number of fused-ring (bicyclic) bond motifs is 1. The minimum atomic E-state index is 0.0264. The molecule has 0 atom stereocenters. The van der Waals surface area contributed by atoms with Gasteiger partial charge < -0.3 is 19.5 Å². The molecule has 2 aromatic heterocycles. The van der Waals surface area contributed by atoms with Crippen molar-refractivity contribution in [1.82, 2.24) is 19.4 Å². The highest BCUT2D eigenvalue weighted by Gasteiger charge is 2.25. The van der Waals surface area contributed by atoms with Crippen LogP contribution in [0.25, 0.3) is 22.0 Å². The molecule has 1 N–H and O–H groups in total. The van der Waals surface area contributed by atoms with E-state index in [2.05, 4.69) is 56.8 Å². The zero-order valence-corrected chi connectivity index (χ0v) is 19.5. The first kappa shape index (κ1) is 22.4. The first-order valence-electron chi connectivity index (χ1n) is 11.4. The zero-order valence-electron chi connectivity index (χ0n) is 19.5. The van der Waals surface area contributed by atoms with Crippen molar-refractivity contribution in [3.63, 3.8) is 0 Å². The van der Waals surface area contributed by atoms with Crippen molar-refractivity contribution in [3.8, 4) is 11.3 Å². The quantitative estimate of drug-likeness (QED) is 0.607. The third-order valence-electron chi connectivity index (χ3n) is 6.31. The molecule has 32 heavy (non-hydrogen) atoms. The fraction of sp³-hybridized carbons (Fsp3) is 0.480. The summed E-state index contributed by atoms with van der Waals surface area (Å²) in [6, 6.07) is 8.22. The van der Waals surface area contributed by atoms with Crippen molar-refractivity contribution in [3.05, 3.63) is 42.5 Å². The number of aromatic nitrogens is 3. The lowest BCUT2D eigenvalue weighted by Crippen LogP contribution is -2.39. The van der Waals surface area contributed by atoms with Crippen LogP contribution in [-0.2, 0) is 16.6 Å². The van der Waals surface area contributed by atoms with Gasteiger partial charge in [-0.05, 0) is 64.2 Å². The van der Waals surface area contributed by atoms with Gasteiger partial charge in [0.05, 0.1) is 24.6 Å². The minimum absolute atomic E-state index is 0.0264. The first-order chi connectivity index (χ1) is 15.4. The Hall–Kier alpha value is -2.77. The predicted octanol–water partition coefficient (Wildman–Crippen LogP) is 4.02. The second-order valence-electron chi connectivity index (χ2n) is 8.91. The third kappa shape index (κ3) is 5.16. The molecule has 1 amide bonds. The zero-order chi connectivity index (χ0) is 22.7. The molecule has 7 heteroatoms. The van der Waals surface area contributed by atoms with Crippen molar-refractivity contribution in [2.45, 2.75) is 39.7 Å². The van der Waals surface area contributed by atoms with Gasteiger partial charge in [-0.15, -0.1) is 0 Å². The van der Waals surface area contributed by atoms with Gasteiger partial charge in [0.25, 0.3) is 0 Å². The second kappa shape index (κ2) is 9.79. The molecule has 3 heterocycles. The largest absolute Gasteiger partial charge is 0.377 e. The summed E-state index contributed by atoms with van der Waals surface area (Å²) in [5, 5.41) is 5.13. The Morgan fingerprint density at radius 3 is 2.62 bits per heavy atom. The number of pyridine rings is 1. The number of ether oxygens (including phenoxy) is 1. The van der Waals surface area contributed by atoms with Crippen molar-refractivity contribution in [2.75, 3.05) is 31.6 Å². The maximum atomic E-state index is 12.8. The average Bonchev–Trinajstić information content (AvgIpc) is 3.11. The number of imidazole rings is 1. The summed E-state index contributed by atoms with van der Waals surface area (Å²) in [5.74, 6) is 1.67. The number of benzene rings is 1. The lowest BCUT2D eigenvalue weighted by atomic mass is 9.96. The van der Waals surface area contributed by atoms with E-state index in [9.17, 15) is 4.79 Å². The molecule has 0 saturated carbocycles. The Kier molecular flexibility index (Phi) is 6.86. The molecular weight excluding hydrogens is 402 g/mol. The van der Waals surface area contributed by atoms with Crippen LogP contribution in [0.2, 0.25) is 0 Å². The molecule has 0 bridgehead atoms. The Morgan fingerprint density at radius 2 is 1.94 bits per heavy atom. The van der Waals surface area contributed by atoms with Gasteiger partial charge in [-0.3, -0.25) is 4.79 Å². The highest BCUT2D eigenvalue weighted by molar-refractivity contribution is 5.95. The number of rotatable bonds is 7. The summed E-state index contributed by atoms with van der Waals surface area (Å²) in [6.07, 6.45) is 5.70. The van der Waals surface area contributed by atoms with Crippen LogP contribution in [0.1, 0.15) is 32.5 Å². The molecule has 1 aromatic carbocycles. The van der Waals surface area contributed by atoms with E-state index < -0.39 is 0 Å². The Labute approximate surface area is 189 Å². The first-order valence-corrected chi connectivity index (χ1v) is 11.4. The SMILES string of the molecule is Cc1ncc(-c2ccc3cnc(NC(=O)C4CCN(CCOC(C)C)CC4)cc3c2)n1C. The van der Waals surface area contributed by atoms with E-state index in [0.29, 0.717) is 5.82 Å². The number of hydrogen-bond acceptors (Lipinski definition) is 5. The Balaban J connectivity index is 1.38.